The maximum Gasteiger partial charge on any atom is 0.309 e. The van der Waals surface area contributed by atoms with Crippen LogP contribution in [0.2, 0.25) is 0 Å². The molecule has 5 saturated carbocycles. The predicted molar refractivity (Wildman–Crippen MR) is 81.8 cm³/mol. The minimum atomic E-state index is -0.197. The molecule has 22 heavy (non-hydrogen) atoms. The fourth-order valence-electron chi connectivity index (χ4n) is 5.74. The van der Waals surface area contributed by atoms with Crippen molar-refractivity contribution in [3.8, 4) is 0 Å². The molecule has 122 valence electrons. The van der Waals surface area contributed by atoms with E-state index >= 15 is 0 Å². The minimum Gasteiger partial charge on any atom is -0.455 e. The van der Waals surface area contributed by atoms with E-state index in [2.05, 4.69) is 5.32 Å². The Bertz CT molecular complexity index is 451. The number of rotatable bonds is 5. The van der Waals surface area contributed by atoms with E-state index in [1.165, 1.54) is 38.5 Å². The standard InChI is InChI=1S/C18H27NO3/c1-11-2-15(11)17(21)22-9-16(20)19-10-18-6-12-3-13(7-18)5-14(4-12)8-18/h11-15H,2-10H2,1H3,(H,19,20)/t11-,12?,13?,14?,15-,18?/m1/s1. The molecule has 0 heterocycles. The molecule has 0 aromatic carbocycles. The van der Waals surface area contributed by atoms with Crippen LogP contribution in [-0.4, -0.2) is 25.0 Å². The first-order valence-corrected chi connectivity index (χ1v) is 8.96. The molecule has 0 unspecified atom stereocenters. The van der Waals surface area contributed by atoms with Gasteiger partial charge in [-0.15, -0.1) is 0 Å². The van der Waals surface area contributed by atoms with Crippen LogP contribution in [-0.2, 0) is 14.3 Å². The quantitative estimate of drug-likeness (QED) is 0.794. The molecule has 0 aliphatic heterocycles. The number of carbonyl (C=O) groups is 2. The normalized spacial score (nSPS) is 44.7. The van der Waals surface area contributed by atoms with Gasteiger partial charge >= 0.3 is 5.97 Å². The van der Waals surface area contributed by atoms with Crippen molar-refractivity contribution in [2.75, 3.05) is 13.2 Å². The zero-order valence-electron chi connectivity index (χ0n) is 13.5. The molecule has 5 aliphatic carbocycles. The number of carbonyl (C=O) groups excluding carboxylic acids is 2. The van der Waals surface area contributed by atoms with Gasteiger partial charge in [0.2, 0.25) is 0 Å². The maximum absolute atomic E-state index is 12.0. The Morgan fingerprint density at radius 1 is 1.05 bits per heavy atom. The van der Waals surface area contributed by atoms with Crippen molar-refractivity contribution in [1.29, 1.82) is 0 Å². The lowest BCUT2D eigenvalue weighted by atomic mass is 9.49. The highest BCUT2D eigenvalue weighted by molar-refractivity contribution is 5.82. The van der Waals surface area contributed by atoms with Crippen LogP contribution in [0.3, 0.4) is 0 Å². The zero-order chi connectivity index (χ0) is 15.3. The van der Waals surface area contributed by atoms with Gasteiger partial charge in [-0.25, -0.2) is 0 Å². The SMILES string of the molecule is C[C@@H]1C[C@H]1C(=O)OCC(=O)NCC12CC3CC(CC(C3)C1)C2. The van der Waals surface area contributed by atoms with E-state index in [-0.39, 0.29) is 24.4 Å². The summed E-state index contributed by atoms with van der Waals surface area (Å²) in [5, 5.41) is 3.05. The number of hydrogen-bond donors (Lipinski definition) is 1. The smallest absolute Gasteiger partial charge is 0.309 e. The first-order chi connectivity index (χ1) is 10.5. The Hall–Kier alpha value is -1.06. The van der Waals surface area contributed by atoms with Gasteiger partial charge < -0.3 is 10.1 Å². The number of esters is 1. The van der Waals surface area contributed by atoms with Crippen LogP contribution < -0.4 is 5.32 Å². The Kier molecular flexibility index (Phi) is 3.46. The first kappa shape index (κ1) is 14.5. The summed E-state index contributed by atoms with van der Waals surface area (Å²) in [4.78, 5) is 23.6. The van der Waals surface area contributed by atoms with Crippen molar-refractivity contribution < 1.29 is 14.3 Å². The van der Waals surface area contributed by atoms with Crippen molar-refractivity contribution >= 4 is 11.9 Å². The third-order valence-corrected chi connectivity index (χ3v) is 6.58. The molecule has 0 aromatic heterocycles. The molecule has 1 N–H and O–H groups in total. The van der Waals surface area contributed by atoms with Gasteiger partial charge in [0.15, 0.2) is 6.61 Å². The average molecular weight is 305 g/mol. The molecular weight excluding hydrogens is 278 g/mol. The summed E-state index contributed by atoms with van der Waals surface area (Å²) in [7, 11) is 0. The summed E-state index contributed by atoms with van der Waals surface area (Å²) in [5.74, 6) is 2.85. The lowest BCUT2D eigenvalue weighted by Gasteiger charge is -2.56. The van der Waals surface area contributed by atoms with Gasteiger partial charge in [-0.05, 0) is 74.0 Å². The highest BCUT2D eigenvalue weighted by Gasteiger charge is 2.50. The van der Waals surface area contributed by atoms with Crippen molar-refractivity contribution in [2.45, 2.75) is 51.9 Å². The Morgan fingerprint density at radius 3 is 2.09 bits per heavy atom. The van der Waals surface area contributed by atoms with E-state index < -0.39 is 0 Å². The molecule has 5 fully saturated rings. The van der Waals surface area contributed by atoms with E-state index in [4.69, 9.17) is 4.74 Å². The maximum atomic E-state index is 12.0. The number of ether oxygens (including phenoxy) is 1. The van der Waals surface area contributed by atoms with E-state index in [1.807, 2.05) is 6.92 Å². The summed E-state index contributed by atoms with van der Waals surface area (Å²) >= 11 is 0. The van der Waals surface area contributed by atoms with Crippen LogP contribution in [0.4, 0.5) is 0 Å². The van der Waals surface area contributed by atoms with E-state index in [9.17, 15) is 9.59 Å². The second kappa shape index (κ2) is 5.24. The number of nitrogens with one attached hydrogen (secondary N) is 1. The molecule has 4 heteroatoms. The molecular formula is C18H27NO3. The van der Waals surface area contributed by atoms with Gasteiger partial charge in [-0.1, -0.05) is 6.92 Å². The fraction of sp³-hybridized carbons (Fsp3) is 0.889. The lowest BCUT2D eigenvalue weighted by Crippen LogP contribution is -2.51. The Balaban J connectivity index is 1.24. The molecule has 0 spiro atoms. The van der Waals surface area contributed by atoms with Crippen LogP contribution >= 0.6 is 0 Å². The highest BCUT2D eigenvalue weighted by atomic mass is 16.5. The van der Waals surface area contributed by atoms with Gasteiger partial charge in [0.05, 0.1) is 5.92 Å². The molecule has 0 saturated heterocycles. The number of amides is 1. The van der Waals surface area contributed by atoms with Gasteiger partial charge in [0.25, 0.3) is 5.91 Å². The van der Waals surface area contributed by atoms with Gasteiger partial charge in [-0.2, -0.15) is 0 Å². The number of hydrogen-bond acceptors (Lipinski definition) is 3. The van der Waals surface area contributed by atoms with Crippen LogP contribution in [0, 0.1) is 35.0 Å². The summed E-state index contributed by atoms with van der Waals surface area (Å²) in [6.45, 7) is 2.72. The molecule has 1 amide bonds. The first-order valence-electron chi connectivity index (χ1n) is 8.96. The van der Waals surface area contributed by atoms with E-state index in [0.717, 1.165) is 30.7 Å². The molecule has 5 rings (SSSR count). The van der Waals surface area contributed by atoms with Crippen molar-refractivity contribution in [3.05, 3.63) is 0 Å². The molecule has 0 radical (unpaired) electrons. The second-order valence-electron chi connectivity index (χ2n) is 8.62. The topological polar surface area (TPSA) is 55.4 Å². The largest absolute Gasteiger partial charge is 0.455 e. The monoisotopic (exact) mass is 305 g/mol. The molecule has 4 bridgehead atoms. The molecule has 4 nitrogen and oxygen atoms in total. The van der Waals surface area contributed by atoms with Crippen LogP contribution in [0.25, 0.3) is 0 Å². The average Bonchev–Trinajstić information content (AvgIpc) is 3.18. The molecule has 5 aliphatic rings. The Morgan fingerprint density at radius 2 is 1.59 bits per heavy atom. The Labute approximate surface area is 132 Å². The third kappa shape index (κ3) is 2.77. The lowest BCUT2D eigenvalue weighted by molar-refractivity contribution is -0.150. The van der Waals surface area contributed by atoms with Gasteiger partial charge in [0.1, 0.15) is 0 Å². The summed E-state index contributed by atoms with van der Waals surface area (Å²) < 4.78 is 5.12. The van der Waals surface area contributed by atoms with Crippen molar-refractivity contribution in [1.82, 2.24) is 5.32 Å². The minimum absolute atomic E-state index is 0.0379. The third-order valence-electron chi connectivity index (χ3n) is 6.58. The summed E-state index contributed by atoms with van der Waals surface area (Å²) in [6, 6.07) is 0. The van der Waals surface area contributed by atoms with E-state index in [1.54, 1.807) is 0 Å². The molecule has 0 aromatic rings. The molecule has 2 atom stereocenters. The predicted octanol–water partition coefficient (Wildman–Crippen LogP) is 2.52. The second-order valence-corrected chi connectivity index (χ2v) is 8.62. The highest BCUT2D eigenvalue weighted by Crippen LogP contribution is 2.59. The van der Waals surface area contributed by atoms with Crippen molar-refractivity contribution in [3.63, 3.8) is 0 Å². The van der Waals surface area contributed by atoms with Crippen LogP contribution in [0.15, 0.2) is 0 Å². The van der Waals surface area contributed by atoms with Crippen molar-refractivity contribution in [2.24, 2.45) is 35.0 Å². The summed E-state index contributed by atoms with van der Waals surface area (Å²) in [5.41, 5.74) is 0.347. The fourth-order valence-corrected chi connectivity index (χ4v) is 5.74. The van der Waals surface area contributed by atoms with Crippen LogP contribution in [0.5, 0.6) is 0 Å². The summed E-state index contributed by atoms with van der Waals surface area (Å²) in [6.07, 6.45) is 9.04. The zero-order valence-corrected chi connectivity index (χ0v) is 13.5. The van der Waals surface area contributed by atoms with E-state index in [0.29, 0.717) is 11.3 Å². The van der Waals surface area contributed by atoms with Crippen LogP contribution in [0.1, 0.15) is 51.9 Å². The van der Waals surface area contributed by atoms with Gasteiger partial charge in [0, 0.05) is 6.54 Å². The van der Waals surface area contributed by atoms with Gasteiger partial charge in [-0.3, -0.25) is 9.59 Å².